The quantitative estimate of drug-likeness (QED) is 0.237. The minimum Gasteiger partial charge on any atom is -0.497 e. The highest BCUT2D eigenvalue weighted by atomic mass is 32.1. The zero-order valence-electron chi connectivity index (χ0n) is 26.1. The van der Waals surface area contributed by atoms with Gasteiger partial charge in [-0.05, 0) is 70.2 Å². The van der Waals surface area contributed by atoms with Gasteiger partial charge < -0.3 is 23.5 Å². The Kier molecular flexibility index (Phi) is 9.38. The molecule has 4 aromatic rings. The number of thiazole rings is 1. The molecule has 1 aliphatic heterocycles. The van der Waals surface area contributed by atoms with Crippen molar-refractivity contribution in [1.82, 2.24) is 9.47 Å². The van der Waals surface area contributed by atoms with Crippen molar-refractivity contribution in [1.29, 1.82) is 0 Å². The molecule has 3 heterocycles. The lowest BCUT2D eigenvalue weighted by Gasteiger charge is -2.30. The van der Waals surface area contributed by atoms with E-state index < -0.39 is 6.04 Å². The molecule has 0 saturated carbocycles. The summed E-state index contributed by atoms with van der Waals surface area (Å²) >= 11 is 1.22. The highest BCUT2D eigenvalue weighted by molar-refractivity contribution is 7.07. The third kappa shape index (κ3) is 6.08. The average molecular weight is 630 g/mol. The van der Waals surface area contributed by atoms with E-state index in [1.54, 1.807) is 98.2 Å². The number of esters is 1. The van der Waals surface area contributed by atoms with Crippen molar-refractivity contribution in [3.63, 3.8) is 0 Å². The lowest BCUT2D eigenvalue weighted by molar-refractivity contribution is -0.127. The van der Waals surface area contributed by atoms with Crippen LogP contribution in [0, 0.1) is 0 Å². The number of aromatic nitrogens is 1. The number of fused-ring (bicyclic) bond motifs is 1. The number of benzene rings is 2. The summed E-state index contributed by atoms with van der Waals surface area (Å²) in [5.41, 5.74) is 2.44. The first-order chi connectivity index (χ1) is 21.7. The van der Waals surface area contributed by atoms with Gasteiger partial charge in [0.1, 0.15) is 29.1 Å². The highest BCUT2D eigenvalue weighted by Crippen LogP contribution is 2.38. The summed E-state index contributed by atoms with van der Waals surface area (Å²) in [7, 11) is 3.11. The molecular weight excluding hydrogens is 594 g/mol. The van der Waals surface area contributed by atoms with E-state index in [1.807, 2.05) is 13.8 Å². The van der Waals surface area contributed by atoms with Crippen LogP contribution in [-0.2, 0) is 9.53 Å². The van der Waals surface area contributed by atoms with E-state index in [9.17, 15) is 14.4 Å². The van der Waals surface area contributed by atoms with Crippen LogP contribution in [0.3, 0.4) is 0 Å². The van der Waals surface area contributed by atoms with Gasteiger partial charge >= 0.3 is 5.97 Å². The molecule has 1 atom stereocenters. The van der Waals surface area contributed by atoms with Crippen LogP contribution in [0.2, 0.25) is 0 Å². The number of rotatable bonds is 10. The standard InChI is InChI=1S/C34H35N3O7S/c1-7-36(8-2)32(39)29-20(4)35-34-37(30(29)25-18-23(41-5)14-17-27(25)42-6)31(38)28(45-34)19-24-15-16-26(44-24)21-10-12-22(13-11-21)33(40)43-9-3/h10-19,30H,7-9H2,1-6H3/b28-19+/t30-/m1/s1. The van der Waals surface area contributed by atoms with Crippen molar-refractivity contribution in [2.45, 2.75) is 33.7 Å². The van der Waals surface area contributed by atoms with Gasteiger partial charge in [-0.2, -0.15) is 0 Å². The predicted octanol–water partition coefficient (Wildman–Crippen LogP) is 4.56. The minimum atomic E-state index is -0.799. The van der Waals surface area contributed by atoms with Crippen LogP contribution >= 0.6 is 11.3 Å². The lowest BCUT2D eigenvalue weighted by Crippen LogP contribution is -2.43. The molecular formula is C34H35N3O7S. The van der Waals surface area contributed by atoms with Crippen LogP contribution < -0.4 is 24.4 Å². The summed E-state index contributed by atoms with van der Waals surface area (Å²) in [5, 5.41) is 0. The van der Waals surface area contributed by atoms with Crippen LogP contribution in [0.1, 0.15) is 55.4 Å². The smallest absolute Gasteiger partial charge is 0.338 e. The normalized spacial score (nSPS) is 14.5. The van der Waals surface area contributed by atoms with Crippen molar-refractivity contribution in [2.75, 3.05) is 33.9 Å². The Balaban J connectivity index is 1.62. The first-order valence-electron chi connectivity index (χ1n) is 14.7. The summed E-state index contributed by atoms with van der Waals surface area (Å²) in [5.74, 6) is 1.54. The van der Waals surface area contributed by atoms with Crippen LogP contribution in [-0.4, -0.2) is 55.3 Å². The van der Waals surface area contributed by atoms with Gasteiger partial charge in [-0.15, -0.1) is 0 Å². The van der Waals surface area contributed by atoms with E-state index in [2.05, 4.69) is 0 Å². The summed E-state index contributed by atoms with van der Waals surface area (Å²) in [6, 6.07) is 15.0. The first kappa shape index (κ1) is 31.5. The summed E-state index contributed by atoms with van der Waals surface area (Å²) < 4.78 is 24.3. The molecule has 0 bridgehead atoms. The second kappa shape index (κ2) is 13.4. The Morgan fingerprint density at radius 1 is 1.02 bits per heavy atom. The molecule has 0 radical (unpaired) electrons. The number of hydrogen-bond acceptors (Lipinski definition) is 9. The fourth-order valence-corrected chi connectivity index (χ4v) is 6.35. The maximum atomic E-state index is 14.1. The summed E-state index contributed by atoms with van der Waals surface area (Å²) in [4.78, 5) is 47.0. The number of allylic oxidation sites excluding steroid dienone is 1. The molecule has 1 aliphatic rings. The minimum absolute atomic E-state index is 0.199. The largest absolute Gasteiger partial charge is 0.497 e. The number of furan rings is 1. The molecule has 0 spiro atoms. The number of likely N-dealkylation sites (N-methyl/N-ethyl adjacent to an activating group) is 1. The van der Waals surface area contributed by atoms with E-state index in [1.165, 1.54) is 11.3 Å². The number of nitrogens with zero attached hydrogens (tertiary/aromatic N) is 3. The van der Waals surface area contributed by atoms with E-state index in [-0.39, 0.29) is 17.4 Å². The summed E-state index contributed by atoms with van der Waals surface area (Å²) in [6.07, 6.45) is 1.67. The predicted molar refractivity (Wildman–Crippen MR) is 171 cm³/mol. The molecule has 5 rings (SSSR count). The van der Waals surface area contributed by atoms with Gasteiger partial charge in [-0.25, -0.2) is 9.79 Å². The van der Waals surface area contributed by atoms with Crippen LogP contribution in [0.15, 0.2) is 80.1 Å². The molecule has 0 N–H and O–H groups in total. The molecule has 0 unspecified atom stereocenters. The van der Waals surface area contributed by atoms with Crippen molar-refractivity contribution in [2.24, 2.45) is 4.99 Å². The third-order valence-electron chi connectivity index (χ3n) is 7.61. The molecule has 234 valence electrons. The van der Waals surface area contributed by atoms with Crippen molar-refractivity contribution < 1.29 is 28.2 Å². The molecule has 2 aromatic carbocycles. The number of amides is 1. The van der Waals surface area contributed by atoms with Crippen LogP contribution in [0.4, 0.5) is 0 Å². The summed E-state index contributed by atoms with van der Waals surface area (Å²) in [6.45, 7) is 8.69. The molecule has 0 saturated heterocycles. The van der Waals surface area contributed by atoms with Gasteiger partial charge in [0.05, 0.1) is 42.2 Å². The average Bonchev–Trinajstić information content (AvgIpc) is 3.64. The highest BCUT2D eigenvalue weighted by Gasteiger charge is 2.36. The van der Waals surface area contributed by atoms with Crippen LogP contribution in [0.25, 0.3) is 17.4 Å². The molecule has 1 amide bonds. The topological polar surface area (TPSA) is 113 Å². The Bertz CT molecular complexity index is 1950. The number of hydrogen-bond donors (Lipinski definition) is 0. The maximum Gasteiger partial charge on any atom is 0.338 e. The molecule has 2 aromatic heterocycles. The second-order valence-corrected chi connectivity index (χ2v) is 11.2. The van der Waals surface area contributed by atoms with Crippen LogP contribution in [0.5, 0.6) is 11.5 Å². The van der Waals surface area contributed by atoms with E-state index >= 15 is 0 Å². The zero-order valence-corrected chi connectivity index (χ0v) is 26.9. The van der Waals surface area contributed by atoms with Gasteiger partial charge in [-0.3, -0.25) is 14.2 Å². The fourth-order valence-electron chi connectivity index (χ4n) is 5.32. The van der Waals surface area contributed by atoms with Gasteiger partial charge in [-0.1, -0.05) is 23.5 Å². The van der Waals surface area contributed by atoms with Crippen molar-refractivity contribution in [3.05, 3.63) is 102 Å². The van der Waals surface area contributed by atoms with Gasteiger partial charge in [0, 0.05) is 30.3 Å². The Morgan fingerprint density at radius 2 is 1.76 bits per heavy atom. The van der Waals surface area contributed by atoms with Gasteiger partial charge in [0.15, 0.2) is 4.80 Å². The van der Waals surface area contributed by atoms with Gasteiger partial charge in [0.25, 0.3) is 11.5 Å². The fraction of sp³-hybridized carbons (Fsp3) is 0.294. The Morgan fingerprint density at radius 3 is 2.40 bits per heavy atom. The monoisotopic (exact) mass is 629 g/mol. The Hall–Kier alpha value is -4.90. The van der Waals surface area contributed by atoms with E-state index in [0.29, 0.717) is 74.4 Å². The SMILES string of the molecule is CCOC(=O)c1ccc(-c2ccc(/C=c3/sc4n(c3=O)[C@H](c3cc(OC)ccc3OC)C(C(=O)N(CC)CC)=C(C)N=4)o2)cc1. The number of carbonyl (C=O) groups excluding carboxylic acids is 2. The first-order valence-corrected chi connectivity index (χ1v) is 15.5. The van der Waals surface area contributed by atoms with E-state index in [0.717, 1.165) is 5.56 Å². The number of carbonyl (C=O) groups is 2. The third-order valence-corrected chi connectivity index (χ3v) is 8.60. The lowest BCUT2D eigenvalue weighted by atomic mass is 9.93. The Labute approximate surface area is 264 Å². The van der Waals surface area contributed by atoms with Crippen molar-refractivity contribution in [3.8, 4) is 22.8 Å². The molecule has 11 heteroatoms. The molecule has 0 fully saturated rings. The number of ether oxygens (including phenoxy) is 3. The second-order valence-electron chi connectivity index (χ2n) is 10.2. The van der Waals surface area contributed by atoms with Gasteiger partial charge in [0.2, 0.25) is 0 Å². The van der Waals surface area contributed by atoms with Crippen molar-refractivity contribution >= 4 is 29.3 Å². The van der Waals surface area contributed by atoms with E-state index in [4.69, 9.17) is 23.6 Å². The zero-order chi connectivity index (χ0) is 32.2. The molecule has 10 nitrogen and oxygen atoms in total. The maximum absolute atomic E-state index is 14.1. The number of methoxy groups -OCH3 is 2. The molecule has 45 heavy (non-hydrogen) atoms. The molecule has 0 aliphatic carbocycles.